The lowest BCUT2D eigenvalue weighted by molar-refractivity contribution is -0.121. The summed E-state index contributed by atoms with van der Waals surface area (Å²) in [4.78, 5) is 13.6. The maximum absolute atomic E-state index is 13.8. The van der Waals surface area contributed by atoms with Crippen molar-refractivity contribution in [3.8, 4) is 5.75 Å². The van der Waals surface area contributed by atoms with Crippen LogP contribution in [0.15, 0.2) is 42.5 Å². The molecule has 0 atom stereocenters. The monoisotopic (exact) mass is 271 g/mol. The van der Waals surface area contributed by atoms with Crippen LogP contribution in [0.5, 0.6) is 5.75 Å². The van der Waals surface area contributed by atoms with Crippen LogP contribution in [0.4, 0.5) is 10.1 Å². The largest absolute Gasteiger partial charge is 0.482 e. The van der Waals surface area contributed by atoms with Crippen molar-refractivity contribution in [2.75, 3.05) is 11.5 Å². The van der Waals surface area contributed by atoms with Crippen molar-refractivity contribution in [2.24, 2.45) is 0 Å². The molecule has 0 saturated carbocycles. The zero-order chi connectivity index (χ0) is 14.1. The highest BCUT2D eigenvalue weighted by Gasteiger charge is 2.26. The summed E-state index contributed by atoms with van der Waals surface area (Å²) in [7, 11) is 0. The predicted molar refractivity (Wildman–Crippen MR) is 74.3 cm³/mol. The summed E-state index contributed by atoms with van der Waals surface area (Å²) in [6, 6.07) is 12.1. The Bertz CT molecular complexity index is 669. The van der Waals surface area contributed by atoms with Crippen molar-refractivity contribution in [3.05, 3.63) is 59.4 Å². The first-order valence-electron chi connectivity index (χ1n) is 6.42. The first kappa shape index (κ1) is 12.7. The average Bonchev–Trinajstić information content (AvgIpc) is 2.44. The van der Waals surface area contributed by atoms with Gasteiger partial charge >= 0.3 is 0 Å². The molecule has 3 rings (SSSR count). The van der Waals surface area contributed by atoms with Gasteiger partial charge in [-0.25, -0.2) is 4.39 Å². The van der Waals surface area contributed by atoms with Crippen LogP contribution in [0.25, 0.3) is 0 Å². The van der Waals surface area contributed by atoms with E-state index in [2.05, 4.69) is 0 Å². The molecule has 102 valence electrons. The van der Waals surface area contributed by atoms with E-state index in [1.54, 1.807) is 23.1 Å². The Morgan fingerprint density at radius 2 is 2.05 bits per heavy atom. The molecule has 3 nitrogen and oxygen atoms in total. The van der Waals surface area contributed by atoms with Gasteiger partial charge in [0.05, 0.1) is 12.2 Å². The van der Waals surface area contributed by atoms with Crippen molar-refractivity contribution >= 4 is 11.6 Å². The number of ether oxygens (including phenoxy) is 1. The Balaban J connectivity index is 1.99. The van der Waals surface area contributed by atoms with E-state index in [-0.39, 0.29) is 24.9 Å². The molecule has 1 aliphatic heterocycles. The van der Waals surface area contributed by atoms with Crippen LogP contribution in [-0.4, -0.2) is 12.5 Å². The molecule has 2 aromatic carbocycles. The minimum atomic E-state index is -0.305. The van der Waals surface area contributed by atoms with Crippen molar-refractivity contribution in [1.82, 2.24) is 0 Å². The number of benzene rings is 2. The second-order valence-electron chi connectivity index (χ2n) is 4.83. The second-order valence-corrected chi connectivity index (χ2v) is 4.83. The molecule has 4 heteroatoms. The fourth-order valence-electron chi connectivity index (χ4n) is 2.28. The molecule has 0 N–H and O–H groups in total. The minimum Gasteiger partial charge on any atom is -0.482 e. The first-order valence-corrected chi connectivity index (χ1v) is 6.42. The normalized spacial score (nSPS) is 13.9. The summed E-state index contributed by atoms with van der Waals surface area (Å²) < 4.78 is 19.2. The lowest BCUT2D eigenvalue weighted by Gasteiger charge is -2.29. The van der Waals surface area contributed by atoms with E-state index in [1.165, 1.54) is 6.07 Å². The zero-order valence-corrected chi connectivity index (χ0v) is 11.1. The summed E-state index contributed by atoms with van der Waals surface area (Å²) in [5, 5.41) is 0. The molecule has 0 bridgehead atoms. The Labute approximate surface area is 116 Å². The van der Waals surface area contributed by atoms with Crippen LogP contribution in [0.1, 0.15) is 11.1 Å². The van der Waals surface area contributed by atoms with E-state index >= 15 is 0 Å². The molecule has 1 heterocycles. The van der Waals surface area contributed by atoms with Crippen LogP contribution < -0.4 is 9.64 Å². The molecule has 0 saturated heterocycles. The summed E-state index contributed by atoms with van der Waals surface area (Å²) in [6.07, 6.45) is 0. The van der Waals surface area contributed by atoms with Crippen LogP contribution in [-0.2, 0) is 11.3 Å². The molecule has 1 amide bonds. The average molecular weight is 271 g/mol. The number of nitrogens with zero attached hydrogens (tertiary/aromatic N) is 1. The maximum atomic E-state index is 13.8. The third-order valence-electron chi connectivity index (χ3n) is 3.34. The zero-order valence-electron chi connectivity index (χ0n) is 11.1. The fraction of sp³-hybridized carbons (Fsp3) is 0.188. The van der Waals surface area contributed by atoms with Crippen LogP contribution >= 0.6 is 0 Å². The van der Waals surface area contributed by atoms with E-state index in [0.717, 1.165) is 5.56 Å². The Hall–Kier alpha value is -2.36. The van der Waals surface area contributed by atoms with E-state index in [1.807, 2.05) is 25.1 Å². The van der Waals surface area contributed by atoms with Gasteiger partial charge in [-0.1, -0.05) is 24.3 Å². The molecule has 0 fully saturated rings. The topological polar surface area (TPSA) is 29.5 Å². The summed E-state index contributed by atoms with van der Waals surface area (Å²) >= 11 is 0. The SMILES string of the molecule is Cc1ccc2c(c1)N(Cc1ccccc1F)C(=O)CO2. The van der Waals surface area contributed by atoms with Crippen LogP contribution in [0.2, 0.25) is 0 Å². The third kappa shape index (κ3) is 2.25. The fourth-order valence-corrected chi connectivity index (χ4v) is 2.28. The quantitative estimate of drug-likeness (QED) is 0.840. The Morgan fingerprint density at radius 1 is 1.25 bits per heavy atom. The highest BCUT2D eigenvalue weighted by Crippen LogP contribution is 2.34. The smallest absolute Gasteiger partial charge is 0.265 e. The number of rotatable bonds is 2. The molecule has 0 unspecified atom stereocenters. The number of carbonyl (C=O) groups excluding carboxylic acids is 1. The van der Waals surface area contributed by atoms with Gasteiger partial charge in [-0.15, -0.1) is 0 Å². The van der Waals surface area contributed by atoms with Gasteiger partial charge in [-0.3, -0.25) is 4.79 Å². The molecule has 0 radical (unpaired) electrons. The molecule has 0 aromatic heterocycles. The van der Waals surface area contributed by atoms with Crippen molar-refractivity contribution < 1.29 is 13.9 Å². The number of aryl methyl sites for hydroxylation is 1. The van der Waals surface area contributed by atoms with Gasteiger partial charge in [0, 0.05) is 5.56 Å². The maximum Gasteiger partial charge on any atom is 0.265 e. The van der Waals surface area contributed by atoms with Gasteiger partial charge in [-0.2, -0.15) is 0 Å². The number of hydrogen-bond donors (Lipinski definition) is 0. The van der Waals surface area contributed by atoms with Gasteiger partial charge in [0.25, 0.3) is 5.91 Å². The van der Waals surface area contributed by atoms with E-state index in [9.17, 15) is 9.18 Å². The Kier molecular flexibility index (Phi) is 3.14. The number of amides is 1. The predicted octanol–water partition coefficient (Wildman–Crippen LogP) is 3.06. The van der Waals surface area contributed by atoms with Gasteiger partial charge < -0.3 is 9.64 Å². The number of carbonyl (C=O) groups is 1. The second kappa shape index (κ2) is 4.96. The van der Waals surface area contributed by atoms with Gasteiger partial charge in [-0.05, 0) is 30.7 Å². The third-order valence-corrected chi connectivity index (χ3v) is 3.34. The number of anilines is 1. The van der Waals surface area contributed by atoms with E-state index in [0.29, 0.717) is 17.0 Å². The van der Waals surface area contributed by atoms with Crippen molar-refractivity contribution in [3.63, 3.8) is 0 Å². The minimum absolute atomic E-state index is 0.00941. The van der Waals surface area contributed by atoms with Gasteiger partial charge in [0.15, 0.2) is 6.61 Å². The number of fused-ring (bicyclic) bond motifs is 1. The number of hydrogen-bond acceptors (Lipinski definition) is 2. The van der Waals surface area contributed by atoms with E-state index < -0.39 is 0 Å². The van der Waals surface area contributed by atoms with Crippen molar-refractivity contribution in [2.45, 2.75) is 13.5 Å². The van der Waals surface area contributed by atoms with E-state index in [4.69, 9.17) is 4.74 Å². The van der Waals surface area contributed by atoms with Gasteiger partial charge in [0.1, 0.15) is 11.6 Å². The molecule has 1 aliphatic rings. The summed E-state index contributed by atoms with van der Waals surface area (Å²) in [5.41, 5.74) is 2.22. The summed E-state index contributed by atoms with van der Waals surface area (Å²) in [5.74, 6) is 0.193. The lowest BCUT2D eigenvalue weighted by Crippen LogP contribution is -2.38. The highest BCUT2D eigenvalue weighted by atomic mass is 19.1. The highest BCUT2D eigenvalue weighted by molar-refractivity contribution is 5.97. The molecular formula is C16H14FNO2. The van der Waals surface area contributed by atoms with Crippen LogP contribution in [0, 0.1) is 12.7 Å². The Morgan fingerprint density at radius 3 is 2.85 bits per heavy atom. The molecule has 0 aliphatic carbocycles. The summed E-state index contributed by atoms with van der Waals surface area (Å²) in [6.45, 7) is 2.15. The van der Waals surface area contributed by atoms with Crippen molar-refractivity contribution in [1.29, 1.82) is 0 Å². The van der Waals surface area contributed by atoms with Crippen LogP contribution in [0.3, 0.4) is 0 Å². The first-order chi connectivity index (χ1) is 9.65. The van der Waals surface area contributed by atoms with Gasteiger partial charge in [0.2, 0.25) is 0 Å². The molecule has 20 heavy (non-hydrogen) atoms. The molecule has 2 aromatic rings. The molecule has 0 spiro atoms. The molecular weight excluding hydrogens is 257 g/mol. The number of halogens is 1. The standard InChI is InChI=1S/C16H14FNO2/c1-11-6-7-15-14(8-11)18(16(19)10-20-15)9-12-4-2-3-5-13(12)17/h2-8H,9-10H2,1H3. The lowest BCUT2D eigenvalue weighted by atomic mass is 10.1.